The average molecular weight is 266 g/mol. The molecule has 0 bridgehead atoms. The molecule has 1 heterocycles. The van der Waals surface area contributed by atoms with Gasteiger partial charge in [-0.15, -0.1) is 6.42 Å². The highest BCUT2D eigenvalue weighted by Crippen LogP contribution is 2.35. The van der Waals surface area contributed by atoms with E-state index >= 15 is 0 Å². The van der Waals surface area contributed by atoms with Crippen molar-refractivity contribution in [3.05, 3.63) is 42.0 Å². The van der Waals surface area contributed by atoms with Crippen LogP contribution in [-0.2, 0) is 0 Å². The van der Waals surface area contributed by atoms with E-state index in [0.29, 0.717) is 19.0 Å². The molecule has 0 saturated carbocycles. The van der Waals surface area contributed by atoms with Crippen molar-refractivity contribution in [2.24, 2.45) is 0 Å². The minimum atomic E-state index is 0.578. The van der Waals surface area contributed by atoms with Crippen molar-refractivity contribution in [3.8, 4) is 40.7 Å². The number of terminal acetylenes is 1. The first kappa shape index (κ1) is 12.4. The van der Waals surface area contributed by atoms with E-state index in [-0.39, 0.29) is 0 Å². The minimum absolute atomic E-state index is 0.578. The van der Waals surface area contributed by atoms with Gasteiger partial charge in [0.2, 0.25) is 0 Å². The number of methoxy groups -OCH3 is 1. The van der Waals surface area contributed by atoms with Crippen LogP contribution in [0, 0.1) is 12.3 Å². The van der Waals surface area contributed by atoms with Crippen molar-refractivity contribution in [1.82, 2.24) is 0 Å². The zero-order chi connectivity index (χ0) is 13.9. The lowest BCUT2D eigenvalue weighted by Gasteiger charge is -2.19. The number of ether oxygens (including phenoxy) is 3. The van der Waals surface area contributed by atoms with E-state index in [1.54, 1.807) is 7.11 Å². The molecule has 0 unspecified atom stereocenters. The van der Waals surface area contributed by atoms with Crippen molar-refractivity contribution < 1.29 is 14.2 Å². The van der Waals surface area contributed by atoms with Crippen LogP contribution < -0.4 is 14.2 Å². The molecular weight excluding hydrogens is 252 g/mol. The van der Waals surface area contributed by atoms with Crippen molar-refractivity contribution in [2.75, 3.05) is 20.3 Å². The second-order valence-corrected chi connectivity index (χ2v) is 4.42. The van der Waals surface area contributed by atoms with Gasteiger partial charge in [-0.25, -0.2) is 0 Å². The summed E-state index contributed by atoms with van der Waals surface area (Å²) in [6.45, 7) is 1.17. The summed E-state index contributed by atoms with van der Waals surface area (Å²) in [5, 5.41) is 0. The Balaban J connectivity index is 2.03. The lowest BCUT2D eigenvalue weighted by atomic mass is 10.0. The Labute approximate surface area is 118 Å². The van der Waals surface area contributed by atoms with Crippen LogP contribution in [0.1, 0.15) is 5.56 Å². The summed E-state index contributed by atoms with van der Waals surface area (Å²) >= 11 is 0. The standard InChI is InChI=1S/C17H14O3/c1-3-12-10-13(4-6-15(12)18-2)14-5-7-16-17(11-14)20-9-8-19-16/h1,4-7,10-11H,8-9H2,2H3. The summed E-state index contributed by atoms with van der Waals surface area (Å²) in [5.41, 5.74) is 2.80. The van der Waals surface area contributed by atoms with Crippen LogP contribution in [0.25, 0.3) is 11.1 Å². The lowest BCUT2D eigenvalue weighted by molar-refractivity contribution is 0.171. The fourth-order valence-corrected chi connectivity index (χ4v) is 2.22. The van der Waals surface area contributed by atoms with Gasteiger partial charge in [-0.05, 0) is 35.4 Å². The van der Waals surface area contributed by atoms with Gasteiger partial charge in [0, 0.05) is 0 Å². The van der Waals surface area contributed by atoms with Crippen molar-refractivity contribution in [3.63, 3.8) is 0 Å². The Morgan fingerprint density at radius 2 is 1.70 bits per heavy atom. The fraction of sp³-hybridized carbons (Fsp3) is 0.176. The van der Waals surface area contributed by atoms with Crippen LogP contribution in [0.15, 0.2) is 36.4 Å². The molecule has 3 heteroatoms. The molecule has 20 heavy (non-hydrogen) atoms. The highest BCUT2D eigenvalue weighted by atomic mass is 16.6. The fourth-order valence-electron chi connectivity index (χ4n) is 2.22. The first-order chi connectivity index (χ1) is 9.81. The summed E-state index contributed by atoms with van der Waals surface area (Å²) in [5.74, 6) is 4.89. The van der Waals surface area contributed by atoms with E-state index in [1.807, 2.05) is 36.4 Å². The Morgan fingerprint density at radius 3 is 2.45 bits per heavy atom. The average Bonchev–Trinajstić information content (AvgIpc) is 2.53. The molecule has 0 saturated heterocycles. The molecule has 1 aliphatic heterocycles. The molecule has 0 aliphatic carbocycles. The summed E-state index contributed by atoms with van der Waals surface area (Å²) in [4.78, 5) is 0. The predicted molar refractivity (Wildman–Crippen MR) is 77.4 cm³/mol. The van der Waals surface area contributed by atoms with E-state index in [4.69, 9.17) is 20.6 Å². The third-order valence-electron chi connectivity index (χ3n) is 3.23. The molecule has 0 spiro atoms. The normalized spacial score (nSPS) is 12.6. The molecule has 100 valence electrons. The van der Waals surface area contributed by atoms with E-state index < -0.39 is 0 Å². The van der Waals surface area contributed by atoms with E-state index in [9.17, 15) is 0 Å². The van der Waals surface area contributed by atoms with Crippen LogP contribution in [0.2, 0.25) is 0 Å². The zero-order valence-corrected chi connectivity index (χ0v) is 11.2. The van der Waals surface area contributed by atoms with E-state index in [2.05, 4.69) is 5.92 Å². The van der Waals surface area contributed by atoms with Crippen LogP contribution in [0.5, 0.6) is 17.2 Å². The quantitative estimate of drug-likeness (QED) is 0.782. The smallest absolute Gasteiger partial charge is 0.161 e. The molecule has 3 nitrogen and oxygen atoms in total. The number of hydrogen-bond acceptors (Lipinski definition) is 3. The molecule has 0 radical (unpaired) electrons. The van der Waals surface area contributed by atoms with Gasteiger partial charge in [0.1, 0.15) is 19.0 Å². The Kier molecular flexibility index (Phi) is 3.22. The zero-order valence-electron chi connectivity index (χ0n) is 11.2. The number of benzene rings is 2. The van der Waals surface area contributed by atoms with Gasteiger partial charge in [0.05, 0.1) is 12.7 Å². The number of rotatable bonds is 2. The van der Waals surface area contributed by atoms with E-state index in [0.717, 1.165) is 28.2 Å². The van der Waals surface area contributed by atoms with Gasteiger partial charge in [0.25, 0.3) is 0 Å². The Morgan fingerprint density at radius 1 is 1.00 bits per heavy atom. The van der Waals surface area contributed by atoms with Gasteiger partial charge in [-0.3, -0.25) is 0 Å². The monoisotopic (exact) mass is 266 g/mol. The van der Waals surface area contributed by atoms with Gasteiger partial charge in [-0.2, -0.15) is 0 Å². The highest BCUT2D eigenvalue weighted by Gasteiger charge is 2.13. The predicted octanol–water partition coefficient (Wildman–Crippen LogP) is 3.11. The van der Waals surface area contributed by atoms with Crippen LogP contribution in [-0.4, -0.2) is 20.3 Å². The topological polar surface area (TPSA) is 27.7 Å². The molecule has 3 rings (SSSR count). The van der Waals surface area contributed by atoms with Gasteiger partial charge >= 0.3 is 0 Å². The Bertz CT molecular complexity index is 683. The molecule has 2 aromatic rings. The number of hydrogen-bond donors (Lipinski definition) is 0. The summed E-state index contributed by atoms with van der Waals surface area (Å²) in [7, 11) is 1.61. The third-order valence-corrected chi connectivity index (χ3v) is 3.23. The summed E-state index contributed by atoms with van der Waals surface area (Å²) in [6, 6.07) is 11.7. The van der Waals surface area contributed by atoms with Gasteiger partial charge < -0.3 is 14.2 Å². The van der Waals surface area contributed by atoms with Crippen molar-refractivity contribution >= 4 is 0 Å². The van der Waals surface area contributed by atoms with Crippen LogP contribution in [0.3, 0.4) is 0 Å². The molecule has 2 aromatic carbocycles. The van der Waals surface area contributed by atoms with Crippen LogP contribution in [0.4, 0.5) is 0 Å². The molecule has 0 atom stereocenters. The maximum absolute atomic E-state index is 5.60. The highest BCUT2D eigenvalue weighted by molar-refractivity contribution is 5.70. The lowest BCUT2D eigenvalue weighted by Crippen LogP contribution is -2.15. The summed E-state index contributed by atoms with van der Waals surface area (Å²) < 4.78 is 16.3. The molecule has 0 aromatic heterocycles. The minimum Gasteiger partial charge on any atom is -0.495 e. The largest absolute Gasteiger partial charge is 0.495 e. The first-order valence-corrected chi connectivity index (χ1v) is 6.36. The maximum Gasteiger partial charge on any atom is 0.161 e. The molecule has 0 N–H and O–H groups in total. The summed E-state index contributed by atoms with van der Waals surface area (Å²) in [6.07, 6.45) is 5.51. The molecule has 0 fully saturated rings. The first-order valence-electron chi connectivity index (χ1n) is 6.36. The second kappa shape index (κ2) is 5.18. The molecular formula is C17H14O3. The maximum atomic E-state index is 5.60. The number of fused-ring (bicyclic) bond motifs is 1. The molecule has 0 amide bonds. The third kappa shape index (κ3) is 2.17. The second-order valence-electron chi connectivity index (χ2n) is 4.42. The molecule has 1 aliphatic rings. The van der Waals surface area contributed by atoms with Crippen molar-refractivity contribution in [1.29, 1.82) is 0 Å². The van der Waals surface area contributed by atoms with Gasteiger partial charge in [0.15, 0.2) is 11.5 Å². The van der Waals surface area contributed by atoms with Crippen LogP contribution >= 0.6 is 0 Å². The van der Waals surface area contributed by atoms with Crippen molar-refractivity contribution in [2.45, 2.75) is 0 Å². The van der Waals surface area contributed by atoms with E-state index in [1.165, 1.54) is 0 Å². The van der Waals surface area contributed by atoms with Gasteiger partial charge in [-0.1, -0.05) is 18.1 Å². The Hall–Kier alpha value is -2.60. The SMILES string of the molecule is C#Cc1cc(-c2ccc3c(c2)OCCO3)ccc1OC.